The fourth-order valence-electron chi connectivity index (χ4n) is 2.51. The topological polar surface area (TPSA) is 52.6 Å². The van der Waals surface area contributed by atoms with E-state index in [1.807, 2.05) is 5.01 Å². The maximum Gasteiger partial charge on any atom is 0.269 e. The minimum absolute atomic E-state index is 0.0234. The number of nitrogens with zero attached hydrogens (tertiary/aromatic N) is 1. The maximum absolute atomic E-state index is 12.3. The van der Waals surface area contributed by atoms with Crippen molar-refractivity contribution in [1.82, 2.24) is 10.4 Å². The van der Waals surface area contributed by atoms with Gasteiger partial charge in [-0.15, -0.1) is 0 Å². The zero-order valence-corrected chi connectivity index (χ0v) is 13.3. The molecule has 19 heavy (non-hydrogen) atoms. The summed E-state index contributed by atoms with van der Waals surface area (Å²) in [5.74, 6) is -0.216. The van der Waals surface area contributed by atoms with Crippen LogP contribution in [0.5, 0.6) is 5.75 Å². The summed E-state index contributed by atoms with van der Waals surface area (Å²) >= 11 is 2.13. The Morgan fingerprint density at radius 2 is 2.00 bits per heavy atom. The van der Waals surface area contributed by atoms with E-state index in [0.717, 1.165) is 16.4 Å². The Labute approximate surface area is 127 Å². The standard InChI is InChI=1S/C14H19IN2O2/c1-9-4-3-5-10(2)17(9)16-14(19)12-8-11(15)6-7-13(12)18/h6-10,18H,3-5H2,1-2H3,(H,16,19). The summed E-state index contributed by atoms with van der Waals surface area (Å²) in [6.07, 6.45) is 3.37. The number of carbonyl (C=O) groups excluding carboxylic acids is 1. The number of rotatable bonds is 2. The van der Waals surface area contributed by atoms with Crippen molar-refractivity contribution in [1.29, 1.82) is 0 Å². The molecule has 2 atom stereocenters. The van der Waals surface area contributed by atoms with E-state index in [2.05, 4.69) is 41.9 Å². The Morgan fingerprint density at radius 1 is 1.37 bits per heavy atom. The molecule has 5 heteroatoms. The van der Waals surface area contributed by atoms with Gasteiger partial charge >= 0.3 is 0 Å². The van der Waals surface area contributed by atoms with Gasteiger partial charge in [-0.1, -0.05) is 6.42 Å². The Balaban J connectivity index is 2.14. The van der Waals surface area contributed by atoms with Crippen molar-refractivity contribution in [3.8, 4) is 5.75 Å². The number of amides is 1. The summed E-state index contributed by atoms with van der Waals surface area (Å²) in [7, 11) is 0. The molecule has 1 aliphatic rings. The molecule has 2 rings (SSSR count). The molecular formula is C14H19IN2O2. The highest BCUT2D eigenvalue weighted by atomic mass is 127. The van der Waals surface area contributed by atoms with Gasteiger partial charge in [0.25, 0.3) is 5.91 Å². The first kappa shape index (κ1) is 14.6. The molecule has 0 spiro atoms. The molecule has 1 aromatic carbocycles. The van der Waals surface area contributed by atoms with Crippen LogP contribution >= 0.6 is 22.6 Å². The molecule has 0 saturated carbocycles. The minimum Gasteiger partial charge on any atom is -0.507 e. The van der Waals surface area contributed by atoms with Crippen molar-refractivity contribution in [3.05, 3.63) is 27.3 Å². The zero-order chi connectivity index (χ0) is 14.0. The van der Waals surface area contributed by atoms with Crippen LogP contribution in [0.4, 0.5) is 0 Å². The second-order valence-electron chi connectivity index (χ2n) is 5.14. The van der Waals surface area contributed by atoms with E-state index < -0.39 is 0 Å². The lowest BCUT2D eigenvalue weighted by Crippen LogP contribution is -2.54. The van der Waals surface area contributed by atoms with E-state index in [0.29, 0.717) is 17.6 Å². The summed E-state index contributed by atoms with van der Waals surface area (Å²) in [6.45, 7) is 4.23. The average molecular weight is 374 g/mol. The number of aromatic hydroxyl groups is 1. The Kier molecular flexibility index (Phi) is 4.67. The first-order chi connectivity index (χ1) is 8.99. The van der Waals surface area contributed by atoms with Crippen LogP contribution in [0, 0.1) is 3.57 Å². The quantitative estimate of drug-likeness (QED) is 0.783. The average Bonchev–Trinajstić information content (AvgIpc) is 2.37. The minimum atomic E-state index is -0.239. The number of nitrogens with one attached hydrogen (secondary N) is 1. The molecular weight excluding hydrogens is 355 g/mol. The summed E-state index contributed by atoms with van der Waals surface area (Å²) in [6, 6.07) is 5.69. The van der Waals surface area contributed by atoms with Gasteiger partial charge in [0.2, 0.25) is 0 Å². The summed E-state index contributed by atoms with van der Waals surface area (Å²) < 4.78 is 0.931. The highest BCUT2D eigenvalue weighted by molar-refractivity contribution is 14.1. The van der Waals surface area contributed by atoms with Crippen LogP contribution in [0.2, 0.25) is 0 Å². The molecule has 1 heterocycles. The number of halogens is 1. The van der Waals surface area contributed by atoms with Gasteiger partial charge in [0.1, 0.15) is 5.75 Å². The van der Waals surface area contributed by atoms with Crippen LogP contribution in [0.15, 0.2) is 18.2 Å². The predicted molar refractivity (Wildman–Crippen MR) is 82.9 cm³/mol. The van der Waals surface area contributed by atoms with Gasteiger partial charge in [-0.25, -0.2) is 5.01 Å². The highest BCUT2D eigenvalue weighted by Crippen LogP contribution is 2.23. The first-order valence-electron chi connectivity index (χ1n) is 6.57. The van der Waals surface area contributed by atoms with Crippen LogP contribution in [-0.4, -0.2) is 28.1 Å². The monoisotopic (exact) mass is 374 g/mol. The number of piperidine rings is 1. The number of benzene rings is 1. The van der Waals surface area contributed by atoms with Crippen LogP contribution in [0.1, 0.15) is 43.5 Å². The Morgan fingerprint density at radius 3 is 2.63 bits per heavy atom. The Bertz CT molecular complexity index is 469. The van der Waals surface area contributed by atoms with Gasteiger partial charge in [0.05, 0.1) is 5.56 Å². The van der Waals surface area contributed by atoms with Crippen molar-refractivity contribution in [3.63, 3.8) is 0 Å². The molecule has 0 radical (unpaired) electrons. The van der Waals surface area contributed by atoms with E-state index in [-0.39, 0.29) is 11.7 Å². The number of hydrogen-bond donors (Lipinski definition) is 2. The highest BCUT2D eigenvalue weighted by Gasteiger charge is 2.27. The molecule has 0 aromatic heterocycles. The molecule has 4 nitrogen and oxygen atoms in total. The second kappa shape index (κ2) is 6.09. The molecule has 1 fully saturated rings. The normalized spacial score (nSPS) is 24.2. The summed E-state index contributed by atoms with van der Waals surface area (Å²) in [4.78, 5) is 12.3. The molecule has 2 unspecified atom stereocenters. The van der Waals surface area contributed by atoms with Crippen LogP contribution in [-0.2, 0) is 0 Å². The van der Waals surface area contributed by atoms with E-state index in [4.69, 9.17) is 0 Å². The largest absolute Gasteiger partial charge is 0.507 e. The predicted octanol–water partition coefficient (Wildman–Crippen LogP) is 2.90. The van der Waals surface area contributed by atoms with Gasteiger partial charge in [0.15, 0.2) is 0 Å². The van der Waals surface area contributed by atoms with E-state index in [1.165, 1.54) is 6.42 Å². The molecule has 0 bridgehead atoms. The SMILES string of the molecule is CC1CCCC(C)N1NC(=O)c1cc(I)ccc1O. The number of hydrazine groups is 1. The fraction of sp³-hybridized carbons (Fsp3) is 0.500. The molecule has 104 valence electrons. The number of phenolic OH excluding ortho intramolecular Hbond substituents is 1. The molecule has 1 saturated heterocycles. The lowest BCUT2D eigenvalue weighted by atomic mass is 10.00. The van der Waals surface area contributed by atoms with Crippen molar-refractivity contribution >= 4 is 28.5 Å². The van der Waals surface area contributed by atoms with E-state index >= 15 is 0 Å². The summed E-state index contributed by atoms with van der Waals surface area (Å²) in [5, 5.41) is 11.8. The third-order valence-electron chi connectivity index (χ3n) is 3.63. The van der Waals surface area contributed by atoms with E-state index in [9.17, 15) is 9.90 Å². The van der Waals surface area contributed by atoms with Crippen molar-refractivity contribution in [2.75, 3.05) is 0 Å². The Hall–Kier alpha value is -0.820. The van der Waals surface area contributed by atoms with E-state index in [1.54, 1.807) is 18.2 Å². The smallest absolute Gasteiger partial charge is 0.269 e. The molecule has 0 aliphatic carbocycles. The molecule has 2 N–H and O–H groups in total. The lowest BCUT2D eigenvalue weighted by Gasteiger charge is -2.38. The fourth-order valence-corrected chi connectivity index (χ4v) is 3.00. The summed E-state index contributed by atoms with van der Waals surface area (Å²) in [5.41, 5.74) is 3.26. The third kappa shape index (κ3) is 3.39. The first-order valence-corrected chi connectivity index (χ1v) is 7.64. The van der Waals surface area contributed by atoms with Gasteiger partial charge in [-0.3, -0.25) is 10.2 Å². The molecule has 1 aromatic rings. The van der Waals surface area contributed by atoms with Crippen molar-refractivity contribution in [2.45, 2.75) is 45.2 Å². The third-order valence-corrected chi connectivity index (χ3v) is 4.30. The lowest BCUT2D eigenvalue weighted by molar-refractivity contribution is 0.0368. The van der Waals surface area contributed by atoms with Gasteiger partial charge in [0, 0.05) is 15.7 Å². The van der Waals surface area contributed by atoms with Gasteiger partial charge in [-0.2, -0.15) is 0 Å². The van der Waals surface area contributed by atoms with Crippen LogP contribution < -0.4 is 5.43 Å². The second-order valence-corrected chi connectivity index (χ2v) is 6.38. The number of phenols is 1. The number of carbonyl (C=O) groups is 1. The number of hydrogen-bond acceptors (Lipinski definition) is 3. The van der Waals surface area contributed by atoms with Gasteiger partial charge in [-0.05, 0) is 67.5 Å². The molecule has 1 aliphatic heterocycles. The maximum atomic E-state index is 12.3. The van der Waals surface area contributed by atoms with Crippen LogP contribution in [0.25, 0.3) is 0 Å². The molecule has 1 amide bonds. The van der Waals surface area contributed by atoms with Crippen molar-refractivity contribution < 1.29 is 9.90 Å². The zero-order valence-electron chi connectivity index (χ0n) is 11.2. The van der Waals surface area contributed by atoms with Crippen LogP contribution in [0.3, 0.4) is 0 Å². The van der Waals surface area contributed by atoms with Gasteiger partial charge < -0.3 is 5.11 Å². The van der Waals surface area contributed by atoms with Crippen molar-refractivity contribution in [2.24, 2.45) is 0 Å².